The van der Waals surface area contributed by atoms with Crippen molar-refractivity contribution in [2.45, 2.75) is 24.0 Å². The molecule has 8 nitrogen and oxygen atoms in total. The molecule has 0 saturated carbocycles. The van der Waals surface area contributed by atoms with E-state index in [0.29, 0.717) is 5.52 Å². The highest BCUT2D eigenvalue weighted by Gasteiger charge is 2.58. The number of aromatic nitrogens is 3. The Morgan fingerprint density at radius 3 is 2.95 bits per heavy atom. The van der Waals surface area contributed by atoms with Gasteiger partial charge in [0.05, 0.1) is 12.3 Å². The van der Waals surface area contributed by atoms with Crippen molar-refractivity contribution < 1.29 is 19.3 Å². The summed E-state index contributed by atoms with van der Waals surface area (Å²) in [6, 6.07) is 4.79. The number of hydrogen-bond donors (Lipinski definition) is 3. The molecule has 0 radical (unpaired) electrons. The molecule has 0 bridgehead atoms. The number of nitriles is 1. The number of alkyl halides is 1. The van der Waals surface area contributed by atoms with Crippen LogP contribution in [0.1, 0.15) is 5.69 Å². The number of nitrogen functional groups attached to an aromatic ring is 1. The second-order valence-electron chi connectivity index (χ2n) is 4.74. The highest BCUT2D eigenvalue weighted by molar-refractivity contribution is 5.66. The van der Waals surface area contributed by atoms with Crippen LogP contribution in [0.5, 0.6) is 0 Å². The minimum absolute atomic E-state index is 0.125. The number of nitrogens with zero attached hydrogens (tertiary/aromatic N) is 4. The van der Waals surface area contributed by atoms with Gasteiger partial charge in [-0.2, -0.15) is 10.4 Å². The standard InChI is InChI=1S/C12H12FN5O3/c13-9-7(3-19)21-12(4-14,10(9)20)8-2-1-6-11(15)16-5-17-18(6)8/h1-2,5,7,9-10,19-20H,3H2,(H2,15,16,17)/t7-,9-,10-,12+/m1/s1. The van der Waals surface area contributed by atoms with Crippen molar-refractivity contribution in [2.75, 3.05) is 12.3 Å². The number of anilines is 1. The van der Waals surface area contributed by atoms with E-state index in [4.69, 9.17) is 15.6 Å². The van der Waals surface area contributed by atoms with Gasteiger partial charge in [-0.05, 0) is 12.1 Å². The van der Waals surface area contributed by atoms with Gasteiger partial charge < -0.3 is 20.7 Å². The summed E-state index contributed by atoms with van der Waals surface area (Å²) >= 11 is 0. The molecule has 0 aliphatic carbocycles. The predicted molar refractivity (Wildman–Crippen MR) is 67.6 cm³/mol. The van der Waals surface area contributed by atoms with Crippen molar-refractivity contribution in [1.29, 1.82) is 5.26 Å². The molecule has 0 spiro atoms. The van der Waals surface area contributed by atoms with Crippen molar-refractivity contribution >= 4 is 11.3 Å². The molecule has 0 aromatic carbocycles. The Kier molecular flexibility index (Phi) is 3.02. The zero-order valence-corrected chi connectivity index (χ0v) is 10.7. The fourth-order valence-electron chi connectivity index (χ4n) is 2.53. The minimum atomic E-state index is -1.97. The fraction of sp³-hybridized carbons (Fsp3) is 0.417. The first-order valence-electron chi connectivity index (χ1n) is 6.16. The summed E-state index contributed by atoms with van der Waals surface area (Å²) in [6.07, 6.45) is -3.76. The van der Waals surface area contributed by atoms with Crippen LogP contribution in [0.4, 0.5) is 10.2 Å². The molecule has 21 heavy (non-hydrogen) atoms. The molecule has 1 aliphatic heterocycles. The highest BCUT2D eigenvalue weighted by Crippen LogP contribution is 2.41. The molecular formula is C12H12FN5O3. The van der Waals surface area contributed by atoms with Crippen molar-refractivity contribution in [2.24, 2.45) is 0 Å². The minimum Gasteiger partial charge on any atom is -0.394 e. The maximum absolute atomic E-state index is 14.0. The normalized spacial score (nSPS) is 32.4. The van der Waals surface area contributed by atoms with Crippen LogP contribution in [0.15, 0.2) is 18.5 Å². The summed E-state index contributed by atoms with van der Waals surface area (Å²) in [5.41, 5.74) is 4.25. The van der Waals surface area contributed by atoms with Crippen LogP contribution < -0.4 is 5.73 Å². The summed E-state index contributed by atoms with van der Waals surface area (Å²) in [6.45, 7) is -0.651. The number of aliphatic hydroxyl groups is 2. The van der Waals surface area contributed by atoms with Crippen LogP contribution in [0.2, 0.25) is 0 Å². The molecule has 2 aromatic rings. The lowest BCUT2D eigenvalue weighted by Gasteiger charge is -2.23. The van der Waals surface area contributed by atoms with Gasteiger partial charge in [-0.15, -0.1) is 0 Å². The first kappa shape index (κ1) is 13.7. The number of halogens is 1. The van der Waals surface area contributed by atoms with E-state index in [-0.39, 0.29) is 11.5 Å². The van der Waals surface area contributed by atoms with E-state index in [1.54, 1.807) is 12.1 Å². The Hall–Kier alpha value is -2.28. The van der Waals surface area contributed by atoms with Crippen molar-refractivity contribution in [3.63, 3.8) is 0 Å². The van der Waals surface area contributed by atoms with Crippen LogP contribution in [0, 0.1) is 11.3 Å². The molecule has 1 saturated heterocycles. The lowest BCUT2D eigenvalue weighted by atomic mass is 9.93. The van der Waals surface area contributed by atoms with Crippen LogP contribution >= 0.6 is 0 Å². The van der Waals surface area contributed by atoms with Crippen LogP contribution in [-0.4, -0.2) is 49.8 Å². The van der Waals surface area contributed by atoms with Gasteiger partial charge in [0.15, 0.2) is 12.0 Å². The largest absolute Gasteiger partial charge is 0.394 e. The van der Waals surface area contributed by atoms with E-state index >= 15 is 0 Å². The first-order chi connectivity index (χ1) is 10.0. The predicted octanol–water partition coefficient (Wildman–Crippen LogP) is -0.880. The number of aliphatic hydroxyl groups excluding tert-OH is 2. The SMILES string of the molecule is N#C[C@@]1(c2ccc3c(N)ncnn23)O[C@H](CO)[C@@H](F)[C@H]1O. The van der Waals surface area contributed by atoms with Crippen LogP contribution in [0.25, 0.3) is 5.52 Å². The van der Waals surface area contributed by atoms with Crippen LogP contribution in [-0.2, 0) is 10.3 Å². The van der Waals surface area contributed by atoms with Gasteiger partial charge in [-0.1, -0.05) is 0 Å². The van der Waals surface area contributed by atoms with Gasteiger partial charge in [0, 0.05) is 0 Å². The lowest BCUT2D eigenvalue weighted by molar-refractivity contribution is -0.0635. The molecule has 0 unspecified atom stereocenters. The monoisotopic (exact) mass is 293 g/mol. The summed E-state index contributed by atoms with van der Waals surface area (Å²) in [5, 5.41) is 32.6. The molecule has 1 aliphatic rings. The van der Waals surface area contributed by atoms with Gasteiger partial charge >= 0.3 is 0 Å². The third kappa shape index (κ3) is 1.70. The molecule has 4 atom stereocenters. The summed E-state index contributed by atoms with van der Waals surface area (Å²) in [4.78, 5) is 3.81. The number of ether oxygens (including phenoxy) is 1. The second kappa shape index (κ2) is 4.63. The Labute approximate surface area is 118 Å². The number of rotatable bonds is 2. The third-order valence-electron chi connectivity index (χ3n) is 3.62. The van der Waals surface area contributed by atoms with Crippen molar-refractivity contribution in [1.82, 2.24) is 14.6 Å². The fourth-order valence-corrected chi connectivity index (χ4v) is 2.53. The van der Waals surface area contributed by atoms with Crippen molar-refractivity contribution in [3.8, 4) is 6.07 Å². The van der Waals surface area contributed by atoms with E-state index in [9.17, 15) is 14.8 Å². The Bertz CT molecular complexity index is 729. The van der Waals surface area contributed by atoms with Crippen molar-refractivity contribution in [3.05, 3.63) is 24.2 Å². The molecule has 1 fully saturated rings. The van der Waals surface area contributed by atoms with Gasteiger partial charge in [0.1, 0.15) is 30.1 Å². The molecule has 110 valence electrons. The summed E-state index contributed by atoms with van der Waals surface area (Å²) in [5.74, 6) is 0.173. The maximum Gasteiger partial charge on any atom is 0.225 e. The van der Waals surface area contributed by atoms with Gasteiger partial charge in [-0.3, -0.25) is 0 Å². The van der Waals surface area contributed by atoms with E-state index in [0.717, 1.165) is 0 Å². The molecular weight excluding hydrogens is 281 g/mol. The summed E-state index contributed by atoms with van der Waals surface area (Å²) in [7, 11) is 0. The van der Waals surface area contributed by atoms with E-state index < -0.39 is 30.6 Å². The third-order valence-corrected chi connectivity index (χ3v) is 3.62. The smallest absolute Gasteiger partial charge is 0.225 e. The molecule has 3 heterocycles. The lowest BCUT2D eigenvalue weighted by Crippen LogP contribution is -2.39. The first-order valence-corrected chi connectivity index (χ1v) is 6.16. The van der Waals surface area contributed by atoms with E-state index in [1.165, 1.54) is 16.9 Å². The summed E-state index contributed by atoms with van der Waals surface area (Å²) < 4.78 is 20.6. The zero-order valence-electron chi connectivity index (χ0n) is 10.7. The molecule has 3 rings (SSSR count). The number of fused-ring (bicyclic) bond motifs is 1. The average molecular weight is 293 g/mol. The highest BCUT2D eigenvalue weighted by atomic mass is 19.1. The maximum atomic E-state index is 14.0. The van der Waals surface area contributed by atoms with E-state index in [1.807, 2.05) is 0 Å². The van der Waals surface area contributed by atoms with Gasteiger partial charge in [-0.25, -0.2) is 13.9 Å². The molecule has 0 amide bonds. The molecule has 2 aromatic heterocycles. The Balaban J connectivity index is 2.20. The zero-order chi connectivity index (χ0) is 15.2. The quantitative estimate of drug-likeness (QED) is 0.655. The Morgan fingerprint density at radius 2 is 2.33 bits per heavy atom. The Morgan fingerprint density at radius 1 is 1.57 bits per heavy atom. The average Bonchev–Trinajstić information content (AvgIpc) is 3.03. The van der Waals surface area contributed by atoms with E-state index in [2.05, 4.69) is 10.1 Å². The second-order valence-corrected chi connectivity index (χ2v) is 4.74. The van der Waals surface area contributed by atoms with Gasteiger partial charge in [0.2, 0.25) is 5.60 Å². The molecule has 4 N–H and O–H groups in total. The van der Waals surface area contributed by atoms with Gasteiger partial charge in [0.25, 0.3) is 0 Å². The molecule has 9 heteroatoms. The number of hydrogen-bond acceptors (Lipinski definition) is 7. The number of nitrogens with two attached hydrogens (primary N) is 1. The topological polar surface area (TPSA) is 130 Å². The van der Waals surface area contributed by atoms with Crippen LogP contribution in [0.3, 0.4) is 0 Å².